The van der Waals surface area contributed by atoms with Crippen LogP contribution in [0.15, 0.2) is 54.1 Å². The summed E-state index contributed by atoms with van der Waals surface area (Å²) in [7, 11) is 0. The van der Waals surface area contributed by atoms with E-state index in [2.05, 4.69) is 18.7 Å². The third-order valence-electron chi connectivity index (χ3n) is 6.28. The highest BCUT2D eigenvalue weighted by molar-refractivity contribution is 6.46. The predicted molar refractivity (Wildman–Crippen MR) is 135 cm³/mol. The summed E-state index contributed by atoms with van der Waals surface area (Å²) in [5, 5.41) is 11.2. The molecule has 2 aromatic carbocycles. The van der Waals surface area contributed by atoms with Crippen LogP contribution in [-0.2, 0) is 9.59 Å². The number of aliphatic hydroxyl groups is 1. The van der Waals surface area contributed by atoms with Gasteiger partial charge in [0.25, 0.3) is 11.7 Å². The molecular formula is C28H36N2O4. The Kier molecular flexibility index (Phi) is 8.88. The largest absolute Gasteiger partial charge is 0.507 e. The Bertz CT molecular complexity index is 1020. The molecule has 1 fully saturated rings. The molecule has 1 amide bonds. The van der Waals surface area contributed by atoms with Gasteiger partial charge in [-0.25, -0.2) is 0 Å². The molecule has 1 saturated heterocycles. The minimum Gasteiger partial charge on any atom is -0.507 e. The first kappa shape index (κ1) is 25.5. The summed E-state index contributed by atoms with van der Waals surface area (Å²) in [4.78, 5) is 30.2. The zero-order chi connectivity index (χ0) is 24.7. The summed E-state index contributed by atoms with van der Waals surface area (Å²) < 4.78 is 5.81. The lowest BCUT2D eigenvalue weighted by molar-refractivity contribution is -0.140. The second-order valence-corrected chi connectivity index (χ2v) is 8.66. The molecule has 1 atom stereocenters. The fourth-order valence-corrected chi connectivity index (χ4v) is 4.32. The summed E-state index contributed by atoms with van der Waals surface area (Å²) in [5.41, 5.74) is 2.45. The number of ketones is 1. The van der Waals surface area contributed by atoms with Crippen molar-refractivity contribution in [2.75, 3.05) is 32.8 Å². The normalized spacial score (nSPS) is 17.6. The fraction of sp³-hybridized carbons (Fsp3) is 0.429. The topological polar surface area (TPSA) is 70.1 Å². The number of carbonyl (C=O) groups is 2. The molecule has 1 heterocycles. The van der Waals surface area contributed by atoms with E-state index in [1.165, 1.54) is 0 Å². The van der Waals surface area contributed by atoms with Crippen molar-refractivity contribution >= 4 is 17.4 Å². The lowest BCUT2D eigenvalue weighted by atomic mass is 9.95. The average Bonchev–Trinajstić information content (AvgIpc) is 3.10. The van der Waals surface area contributed by atoms with Crippen LogP contribution < -0.4 is 4.74 Å². The zero-order valence-corrected chi connectivity index (χ0v) is 20.7. The minimum absolute atomic E-state index is 0.129. The third kappa shape index (κ3) is 5.68. The van der Waals surface area contributed by atoms with Gasteiger partial charge in [0.2, 0.25) is 0 Å². The number of likely N-dealkylation sites (tertiary alicyclic amines) is 1. The molecule has 0 bridgehead atoms. The molecule has 0 saturated carbocycles. The van der Waals surface area contributed by atoms with Gasteiger partial charge in [-0.2, -0.15) is 0 Å². The Balaban J connectivity index is 2.03. The van der Waals surface area contributed by atoms with Gasteiger partial charge < -0.3 is 19.6 Å². The van der Waals surface area contributed by atoms with Gasteiger partial charge in [0.15, 0.2) is 0 Å². The Labute approximate surface area is 202 Å². The summed E-state index contributed by atoms with van der Waals surface area (Å²) in [6.45, 7) is 11.9. The van der Waals surface area contributed by atoms with Gasteiger partial charge in [-0.1, -0.05) is 62.7 Å². The van der Waals surface area contributed by atoms with Crippen molar-refractivity contribution in [3.05, 3.63) is 70.8 Å². The van der Waals surface area contributed by atoms with Crippen molar-refractivity contribution in [1.29, 1.82) is 0 Å². The summed E-state index contributed by atoms with van der Waals surface area (Å²) in [6.07, 6.45) is 1.61. The number of rotatable bonds is 11. The smallest absolute Gasteiger partial charge is 0.295 e. The lowest BCUT2D eigenvalue weighted by Gasteiger charge is -2.27. The number of Topliss-reactive ketones (excluding diaryl/α,β-unsaturated/α-hetero) is 1. The second-order valence-electron chi connectivity index (χ2n) is 8.66. The van der Waals surface area contributed by atoms with E-state index in [4.69, 9.17) is 4.74 Å². The molecule has 34 heavy (non-hydrogen) atoms. The molecule has 0 aromatic heterocycles. The van der Waals surface area contributed by atoms with Crippen molar-refractivity contribution in [3.63, 3.8) is 0 Å². The predicted octanol–water partition coefficient (Wildman–Crippen LogP) is 4.94. The molecule has 1 aliphatic heterocycles. The van der Waals surface area contributed by atoms with Crippen LogP contribution in [0.4, 0.5) is 0 Å². The Hall–Kier alpha value is -3.12. The summed E-state index contributed by atoms with van der Waals surface area (Å²) in [6, 6.07) is 14.1. The van der Waals surface area contributed by atoms with Crippen molar-refractivity contribution in [3.8, 4) is 5.75 Å². The first-order valence-electron chi connectivity index (χ1n) is 12.2. The number of nitrogens with zero attached hydrogens (tertiary/aromatic N) is 2. The number of carbonyl (C=O) groups excluding carboxylic acids is 2. The highest BCUT2D eigenvalue weighted by Gasteiger charge is 2.45. The van der Waals surface area contributed by atoms with Gasteiger partial charge in [-0.15, -0.1) is 0 Å². The average molecular weight is 465 g/mol. The monoisotopic (exact) mass is 464 g/mol. The van der Waals surface area contributed by atoms with E-state index >= 15 is 0 Å². The van der Waals surface area contributed by atoms with Gasteiger partial charge in [-0.05, 0) is 57.1 Å². The van der Waals surface area contributed by atoms with E-state index in [1.807, 2.05) is 50.2 Å². The molecule has 1 aliphatic rings. The molecule has 0 aliphatic carbocycles. The maximum Gasteiger partial charge on any atom is 0.295 e. The SMILES string of the molecule is CCCOc1cccc([C@@H]2/C(=C(\O)c3ccc(C)cc3)C(=O)C(=O)N2CCCN(CC)CC)c1. The van der Waals surface area contributed by atoms with Crippen LogP contribution in [0.3, 0.4) is 0 Å². The molecule has 2 aromatic rings. The Morgan fingerprint density at radius 2 is 1.76 bits per heavy atom. The quantitative estimate of drug-likeness (QED) is 0.290. The van der Waals surface area contributed by atoms with Crippen molar-refractivity contribution < 1.29 is 19.4 Å². The first-order chi connectivity index (χ1) is 16.4. The van der Waals surface area contributed by atoms with E-state index in [0.29, 0.717) is 24.5 Å². The van der Waals surface area contributed by atoms with Crippen LogP contribution in [0.2, 0.25) is 0 Å². The third-order valence-corrected chi connectivity index (χ3v) is 6.28. The van der Waals surface area contributed by atoms with E-state index in [0.717, 1.165) is 43.6 Å². The number of ether oxygens (including phenoxy) is 1. The Morgan fingerprint density at radius 3 is 2.41 bits per heavy atom. The van der Waals surface area contributed by atoms with E-state index in [1.54, 1.807) is 17.0 Å². The lowest BCUT2D eigenvalue weighted by Crippen LogP contribution is -2.33. The Morgan fingerprint density at radius 1 is 1.06 bits per heavy atom. The zero-order valence-electron chi connectivity index (χ0n) is 20.7. The van der Waals surface area contributed by atoms with Crippen LogP contribution in [0.25, 0.3) is 5.76 Å². The fourth-order valence-electron chi connectivity index (χ4n) is 4.32. The molecule has 6 heteroatoms. The first-order valence-corrected chi connectivity index (χ1v) is 12.2. The number of hydrogen-bond acceptors (Lipinski definition) is 5. The van der Waals surface area contributed by atoms with Crippen molar-refractivity contribution in [2.24, 2.45) is 0 Å². The minimum atomic E-state index is -0.664. The molecule has 3 rings (SSSR count). The number of benzene rings is 2. The summed E-state index contributed by atoms with van der Waals surface area (Å²) >= 11 is 0. The van der Waals surface area contributed by atoms with Crippen LogP contribution in [-0.4, -0.2) is 59.4 Å². The second kappa shape index (κ2) is 11.8. The molecule has 0 radical (unpaired) electrons. The maximum atomic E-state index is 13.2. The van der Waals surface area contributed by atoms with Crippen molar-refractivity contribution in [2.45, 2.75) is 46.6 Å². The summed E-state index contributed by atoms with van der Waals surface area (Å²) in [5.74, 6) is -0.679. The van der Waals surface area contributed by atoms with Crippen LogP contribution >= 0.6 is 0 Å². The molecule has 1 N–H and O–H groups in total. The van der Waals surface area contributed by atoms with Gasteiger partial charge >= 0.3 is 0 Å². The van der Waals surface area contributed by atoms with E-state index in [-0.39, 0.29) is 11.3 Å². The van der Waals surface area contributed by atoms with Gasteiger partial charge in [0.05, 0.1) is 18.2 Å². The number of amides is 1. The highest BCUT2D eigenvalue weighted by atomic mass is 16.5. The maximum absolute atomic E-state index is 13.2. The van der Waals surface area contributed by atoms with Gasteiger partial charge in [0, 0.05) is 12.1 Å². The number of aryl methyl sites for hydroxylation is 1. The standard InChI is InChI=1S/C28H36N2O4/c1-5-18-34-23-11-8-10-22(19-23)25-24(26(31)21-14-12-20(4)13-15-21)27(32)28(33)30(25)17-9-16-29(6-2)7-3/h8,10-15,19,25,31H,5-7,9,16-18H2,1-4H3/b26-24+/t25-/m1/s1. The number of hydrogen-bond donors (Lipinski definition) is 1. The van der Waals surface area contributed by atoms with Crippen LogP contribution in [0, 0.1) is 6.92 Å². The van der Waals surface area contributed by atoms with Crippen LogP contribution in [0.5, 0.6) is 5.75 Å². The van der Waals surface area contributed by atoms with Crippen LogP contribution in [0.1, 0.15) is 56.3 Å². The molecule has 0 unspecified atom stereocenters. The molecule has 6 nitrogen and oxygen atoms in total. The van der Waals surface area contributed by atoms with Gasteiger partial charge in [0.1, 0.15) is 11.5 Å². The number of aliphatic hydroxyl groups excluding tert-OH is 1. The molecule has 0 spiro atoms. The van der Waals surface area contributed by atoms with Gasteiger partial charge in [-0.3, -0.25) is 9.59 Å². The molecule has 182 valence electrons. The highest BCUT2D eigenvalue weighted by Crippen LogP contribution is 2.40. The van der Waals surface area contributed by atoms with E-state index in [9.17, 15) is 14.7 Å². The molecular weight excluding hydrogens is 428 g/mol. The van der Waals surface area contributed by atoms with E-state index < -0.39 is 17.7 Å². The van der Waals surface area contributed by atoms with Crippen molar-refractivity contribution in [1.82, 2.24) is 9.80 Å².